The Kier molecular flexibility index (Phi) is 8.19. The highest BCUT2D eigenvalue weighted by Gasteiger charge is 2.37. The number of rotatable bonds is 8. The summed E-state index contributed by atoms with van der Waals surface area (Å²) in [5.41, 5.74) is 1.14. The van der Waals surface area contributed by atoms with Gasteiger partial charge in [0.1, 0.15) is 12.1 Å². The van der Waals surface area contributed by atoms with Crippen LogP contribution in [-0.2, 0) is 14.9 Å². The van der Waals surface area contributed by atoms with Crippen LogP contribution in [0.25, 0.3) is 0 Å². The highest BCUT2D eigenvalue weighted by atomic mass is 35.5. The van der Waals surface area contributed by atoms with Crippen LogP contribution in [0.15, 0.2) is 54.6 Å². The summed E-state index contributed by atoms with van der Waals surface area (Å²) in [5.74, 6) is -0.712. The van der Waals surface area contributed by atoms with Crippen LogP contribution in [-0.4, -0.2) is 23.2 Å². The van der Waals surface area contributed by atoms with Gasteiger partial charge in [-0.1, -0.05) is 100 Å². The van der Waals surface area contributed by atoms with E-state index < -0.39 is 29.6 Å². The Bertz CT molecular complexity index is 909. The van der Waals surface area contributed by atoms with Gasteiger partial charge in [0.2, 0.25) is 0 Å². The molecule has 0 saturated heterocycles. The van der Waals surface area contributed by atoms with E-state index in [0.717, 1.165) is 36.8 Å². The van der Waals surface area contributed by atoms with Crippen LogP contribution in [0.5, 0.6) is 0 Å². The first-order valence-corrected chi connectivity index (χ1v) is 11.7. The smallest absolute Gasteiger partial charge is 0.408 e. The maximum Gasteiger partial charge on any atom is 0.408 e. The number of ether oxygens (including phenoxy) is 1. The van der Waals surface area contributed by atoms with E-state index in [2.05, 4.69) is 5.32 Å². The van der Waals surface area contributed by atoms with E-state index in [1.807, 2.05) is 62.4 Å². The van der Waals surface area contributed by atoms with Gasteiger partial charge in [0.05, 0.1) is 0 Å². The summed E-state index contributed by atoms with van der Waals surface area (Å²) in [7, 11) is 0. The van der Waals surface area contributed by atoms with Crippen molar-refractivity contribution < 1.29 is 19.4 Å². The van der Waals surface area contributed by atoms with Gasteiger partial charge in [-0.2, -0.15) is 0 Å². The van der Waals surface area contributed by atoms with E-state index in [9.17, 15) is 14.7 Å². The van der Waals surface area contributed by atoms with Crippen LogP contribution in [0.3, 0.4) is 0 Å². The molecule has 0 aromatic heterocycles. The summed E-state index contributed by atoms with van der Waals surface area (Å²) in [6.45, 7) is 3.97. The van der Waals surface area contributed by atoms with Gasteiger partial charge in [-0.05, 0) is 35.6 Å². The number of carboxylic acids is 1. The Hall–Kier alpha value is -2.53. The summed E-state index contributed by atoms with van der Waals surface area (Å²) in [6.07, 6.45) is 4.52. The lowest BCUT2D eigenvalue weighted by atomic mass is 9.76. The monoisotopic (exact) mass is 457 g/mol. The molecule has 2 aromatic rings. The Morgan fingerprint density at radius 2 is 1.78 bits per heavy atom. The Morgan fingerprint density at radius 3 is 2.41 bits per heavy atom. The minimum atomic E-state index is -1.03. The van der Waals surface area contributed by atoms with Crippen LogP contribution in [0, 0.1) is 5.92 Å². The number of benzene rings is 2. The molecular weight excluding hydrogens is 426 g/mol. The zero-order valence-electron chi connectivity index (χ0n) is 18.7. The van der Waals surface area contributed by atoms with Gasteiger partial charge >= 0.3 is 12.1 Å². The Morgan fingerprint density at radius 1 is 1.09 bits per heavy atom. The summed E-state index contributed by atoms with van der Waals surface area (Å²) >= 11 is 6.22. The average molecular weight is 458 g/mol. The van der Waals surface area contributed by atoms with Crippen LogP contribution in [0.2, 0.25) is 5.02 Å². The SMILES string of the molecule is CC(C)(c1cccc(Cl)c1)C(OC(=O)N[C@@H](CC1CCCCC1)C(=O)O)c1ccccc1. The van der Waals surface area contributed by atoms with Crippen molar-refractivity contribution in [3.63, 3.8) is 0 Å². The zero-order valence-corrected chi connectivity index (χ0v) is 19.5. The number of nitrogens with one attached hydrogen (secondary N) is 1. The van der Waals surface area contributed by atoms with E-state index in [1.54, 1.807) is 6.07 Å². The van der Waals surface area contributed by atoms with Crippen molar-refractivity contribution in [2.75, 3.05) is 0 Å². The predicted octanol–water partition coefficient (Wildman–Crippen LogP) is 6.51. The quantitative estimate of drug-likeness (QED) is 0.473. The lowest BCUT2D eigenvalue weighted by Gasteiger charge is -2.35. The topological polar surface area (TPSA) is 75.6 Å². The summed E-state index contributed by atoms with van der Waals surface area (Å²) in [5, 5.41) is 12.9. The first-order valence-electron chi connectivity index (χ1n) is 11.3. The number of hydrogen-bond acceptors (Lipinski definition) is 3. The van der Waals surface area contributed by atoms with Gasteiger partial charge in [0.25, 0.3) is 0 Å². The molecule has 0 spiro atoms. The van der Waals surface area contributed by atoms with Crippen molar-refractivity contribution >= 4 is 23.7 Å². The van der Waals surface area contributed by atoms with Gasteiger partial charge in [-0.3, -0.25) is 0 Å². The molecule has 1 saturated carbocycles. The molecule has 3 rings (SSSR count). The number of alkyl carbamates (subject to hydrolysis) is 1. The molecule has 1 aliphatic rings. The largest absolute Gasteiger partial charge is 0.480 e. The van der Waals surface area contributed by atoms with Gasteiger partial charge < -0.3 is 15.2 Å². The Balaban J connectivity index is 1.79. The molecular formula is C26H32ClNO4. The second kappa shape index (κ2) is 10.9. The molecule has 2 aromatic carbocycles. The van der Waals surface area contributed by atoms with Gasteiger partial charge in [0.15, 0.2) is 0 Å². The lowest BCUT2D eigenvalue weighted by molar-refractivity contribution is -0.140. The number of aliphatic carboxylic acids is 1. The van der Waals surface area contributed by atoms with E-state index in [1.165, 1.54) is 6.42 Å². The van der Waals surface area contributed by atoms with Crippen molar-refractivity contribution in [3.05, 3.63) is 70.7 Å². The third kappa shape index (κ3) is 6.26. The lowest BCUT2D eigenvalue weighted by Crippen LogP contribution is -2.44. The normalized spacial score (nSPS) is 16.7. The minimum absolute atomic E-state index is 0.318. The fraction of sp³-hybridized carbons (Fsp3) is 0.462. The molecule has 0 bridgehead atoms. The second-order valence-corrected chi connectivity index (χ2v) is 9.64. The number of hydrogen-bond donors (Lipinski definition) is 2. The van der Waals surface area contributed by atoms with Crippen molar-refractivity contribution in [2.24, 2.45) is 5.92 Å². The number of carbonyl (C=O) groups excluding carboxylic acids is 1. The minimum Gasteiger partial charge on any atom is -0.480 e. The molecule has 6 heteroatoms. The third-order valence-corrected chi connectivity index (χ3v) is 6.67. The highest BCUT2D eigenvalue weighted by molar-refractivity contribution is 6.30. The molecule has 32 heavy (non-hydrogen) atoms. The molecule has 0 heterocycles. The molecule has 2 atom stereocenters. The summed E-state index contributed by atoms with van der Waals surface area (Å²) in [6, 6.07) is 16.0. The molecule has 0 aliphatic heterocycles. The van der Waals surface area contributed by atoms with Crippen molar-refractivity contribution in [1.29, 1.82) is 0 Å². The fourth-order valence-corrected chi connectivity index (χ4v) is 4.75. The maximum absolute atomic E-state index is 12.9. The molecule has 1 fully saturated rings. The number of amides is 1. The zero-order chi connectivity index (χ0) is 23.1. The standard InChI is InChI=1S/C26H32ClNO4/c1-26(2,20-14-9-15-21(27)17-20)23(19-12-7-4-8-13-19)32-25(31)28-22(24(29)30)16-18-10-5-3-6-11-18/h4,7-9,12-15,17-18,22-23H,3,5-6,10-11,16H2,1-2H3,(H,28,31)(H,29,30)/t22-,23?/m0/s1. The first kappa shape index (κ1) is 24.1. The van der Waals surface area contributed by atoms with E-state index in [-0.39, 0.29) is 0 Å². The third-order valence-electron chi connectivity index (χ3n) is 6.44. The van der Waals surface area contributed by atoms with E-state index in [0.29, 0.717) is 17.4 Å². The van der Waals surface area contributed by atoms with E-state index >= 15 is 0 Å². The van der Waals surface area contributed by atoms with Crippen LogP contribution in [0.4, 0.5) is 4.79 Å². The maximum atomic E-state index is 12.9. The molecule has 1 unspecified atom stereocenters. The number of halogens is 1. The first-order chi connectivity index (χ1) is 15.3. The number of carboxylic acid groups (broad SMARTS) is 1. The predicted molar refractivity (Wildman–Crippen MR) is 126 cm³/mol. The second-order valence-electron chi connectivity index (χ2n) is 9.20. The molecule has 172 valence electrons. The Labute approximate surface area is 195 Å². The molecule has 5 nitrogen and oxygen atoms in total. The average Bonchev–Trinajstić information content (AvgIpc) is 2.78. The van der Waals surface area contributed by atoms with Crippen molar-refractivity contribution in [2.45, 2.75) is 69.9 Å². The summed E-state index contributed by atoms with van der Waals surface area (Å²) < 4.78 is 5.91. The van der Waals surface area contributed by atoms with Gasteiger partial charge in [-0.15, -0.1) is 0 Å². The fourth-order valence-electron chi connectivity index (χ4n) is 4.56. The molecule has 1 amide bonds. The van der Waals surface area contributed by atoms with E-state index in [4.69, 9.17) is 16.3 Å². The molecule has 0 radical (unpaired) electrons. The van der Waals surface area contributed by atoms with Crippen LogP contribution < -0.4 is 5.32 Å². The summed E-state index contributed by atoms with van der Waals surface area (Å²) in [4.78, 5) is 24.7. The van der Waals surface area contributed by atoms with Crippen LogP contribution in [0.1, 0.15) is 69.6 Å². The van der Waals surface area contributed by atoms with Gasteiger partial charge in [0, 0.05) is 10.4 Å². The van der Waals surface area contributed by atoms with Crippen LogP contribution >= 0.6 is 11.6 Å². The van der Waals surface area contributed by atoms with Gasteiger partial charge in [-0.25, -0.2) is 9.59 Å². The highest BCUT2D eigenvalue weighted by Crippen LogP contribution is 2.40. The molecule has 1 aliphatic carbocycles. The van der Waals surface area contributed by atoms with Crippen molar-refractivity contribution in [3.8, 4) is 0 Å². The number of carbonyl (C=O) groups is 2. The van der Waals surface area contributed by atoms with Crippen molar-refractivity contribution in [1.82, 2.24) is 5.32 Å². The molecule has 2 N–H and O–H groups in total.